The van der Waals surface area contributed by atoms with Crippen molar-refractivity contribution >= 4 is 21.6 Å². The summed E-state index contributed by atoms with van der Waals surface area (Å²) in [6, 6.07) is 4.70. The first-order valence-electron chi connectivity index (χ1n) is 5.65. The number of nitrogens with zero attached hydrogens (tertiary/aromatic N) is 1. The molecule has 6 heteroatoms. The summed E-state index contributed by atoms with van der Waals surface area (Å²) in [7, 11) is 0. The lowest BCUT2D eigenvalue weighted by Crippen LogP contribution is -2.10. The lowest BCUT2D eigenvalue weighted by molar-refractivity contribution is -0.386. The molecular formula is C12H16BrNO4. The second-order valence-corrected chi connectivity index (χ2v) is 5.10. The maximum atomic E-state index is 10.8. The predicted octanol–water partition coefficient (Wildman–Crippen LogP) is 3.41. The van der Waals surface area contributed by atoms with Crippen LogP contribution in [0.15, 0.2) is 22.7 Å². The molecule has 1 rings (SSSR count). The Morgan fingerprint density at radius 2 is 2.11 bits per heavy atom. The highest BCUT2D eigenvalue weighted by atomic mass is 79.9. The van der Waals surface area contributed by atoms with E-state index in [1.807, 2.05) is 0 Å². The second-order valence-electron chi connectivity index (χ2n) is 4.19. The van der Waals surface area contributed by atoms with Gasteiger partial charge in [0.1, 0.15) is 6.61 Å². The average Bonchev–Trinajstić information content (AvgIpc) is 2.29. The van der Waals surface area contributed by atoms with Crippen molar-refractivity contribution in [3.8, 4) is 5.75 Å². The molecule has 0 aliphatic heterocycles. The third kappa shape index (κ3) is 5.01. The first-order chi connectivity index (χ1) is 8.50. The molecule has 1 aromatic rings. The molecule has 0 saturated heterocycles. The standard InChI is InChI=1S/C12H16BrNO4/c1-9(2)8-17-5-6-18-12-4-3-10(13)7-11(12)14(15)16/h3-4,7,9H,5-6,8H2,1-2H3. The number of hydrogen-bond donors (Lipinski definition) is 0. The van der Waals surface area contributed by atoms with Crippen molar-refractivity contribution in [1.29, 1.82) is 0 Å². The van der Waals surface area contributed by atoms with Crippen LogP contribution >= 0.6 is 15.9 Å². The van der Waals surface area contributed by atoms with Gasteiger partial charge in [0.05, 0.1) is 11.5 Å². The van der Waals surface area contributed by atoms with Gasteiger partial charge >= 0.3 is 5.69 Å². The van der Waals surface area contributed by atoms with E-state index in [0.29, 0.717) is 30.2 Å². The van der Waals surface area contributed by atoms with Crippen LogP contribution in [-0.4, -0.2) is 24.7 Å². The monoisotopic (exact) mass is 317 g/mol. The number of rotatable bonds is 7. The van der Waals surface area contributed by atoms with Gasteiger partial charge in [0.2, 0.25) is 0 Å². The van der Waals surface area contributed by atoms with Crippen molar-refractivity contribution in [2.45, 2.75) is 13.8 Å². The third-order valence-electron chi connectivity index (χ3n) is 2.05. The van der Waals surface area contributed by atoms with Crippen molar-refractivity contribution in [3.63, 3.8) is 0 Å². The molecule has 0 saturated carbocycles. The van der Waals surface area contributed by atoms with Crippen molar-refractivity contribution in [2.24, 2.45) is 5.92 Å². The van der Waals surface area contributed by atoms with Crippen LogP contribution in [0.4, 0.5) is 5.69 Å². The van der Waals surface area contributed by atoms with Gasteiger partial charge in [-0.05, 0) is 18.1 Å². The highest BCUT2D eigenvalue weighted by Crippen LogP contribution is 2.29. The molecule has 0 radical (unpaired) electrons. The first kappa shape index (κ1) is 14.9. The summed E-state index contributed by atoms with van der Waals surface area (Å²) in [4.78, 5) is 10.4. The Morgan fingerprint density at radius 3 is 2.72 bits per heavy atom. The summed E-state index contributed by atoms with van der Waals surface area (Å²) < 4.78 is 11.3. The second kappa shape index (κ2) is 7.33. The van der Waals surface area contributed by atoms with Gasteiger partial charge in [-0.1, -0.05) is 29.8 Å². The smallest absolute Gasteiger partial charge is 0.312 e. The molecule has 0 heterocycles. The van der Waals surface area contributed by atoms with Gasteiger partial charge in [-0.25, -0.2) is 0 Å². The Balaban J connectivity index is 2.49. The molecule has 0 unspecified atom stereocenters. The third-order valence-corrected chi connectivity index (χ3v) is 2.55. The highest BCUT2D eigenvalue weighted by Gasteiger charge is 2.15. The van der Waals surface area contributed by atoms with E-state index in [1.54, 1.807) is 12.1 Å². The number of ether oxygens (including phenoxy) is 2. The maximum Gasteiger partial charge on any atom is 0.312 e. The lowest BCUT2D eigenvalue weighted by atomic mass is 10.2. The fraction of sp³-hybridized carbons (Fsp3) is 0.500. The molecule has 0 bridgehead atoms. The molecule has 0 spiro atoms. The van der Waals surface area contributed by atoms with Crippen molar-refractivity contribution < 1.29 is 14.4 Å². The van der Waals surface area contributed by atoms with E-state index in [0.717, 1.165) is 0 Å². The molecule has 5 nitrogen and oxygen atoms in total. The Labute approximate surface area is 114 Å². The minimum Gasteiger partial charge on any atom is -0.484 e. The summed E-state index contributed by atoms with van der Waals surface area (Å²) in [6.07, 6.45) is 0. The number of nitro benzene ring substituents is 1. The molecule has 0 aromatic heterocycles. The lowest BCUT2D eigenvalue weighted by Gasteiger charge is -2.09. The quantitative estimate of drug-likeness (QED) is 0.439. The Bertz CT molecular complexity index is 409. The Hall–Kier alpha value is -1.14. The number of halogens is 1. The number of benzene rings is 1. The van der Waals surface area contributed by atoms with Gasteiger partial charge in [0, 0.05) is 17.1 Å². The molecule has 0 N–H and O–H groups in total. The van der Waals surface area contributed by atoms with E-state index < -0.39 is 4.92 Å². The molecule has 18 heavy (non-hydrogen) atoms. The zero-order chi connectivity index (χ0) is 13.5. The summed E-state index contributed by atoms with van der Waals surface area (Å²) in [6.45, 7) is 5.49. The molecular weight excluding hydrogens is 302 g/mol. The van der Waals surface area contributed by atoms with Crippen LogP contribution in [-0.2, 0) is 4.74 Å². The van der Waals surface area contributed by atoms with Gasteiger partial charge in [-0.3, -0.25) is 10.1 Å². The largest absolute Gasteiger partial charge is 0.484 e. The summed E-state index contributed by atoms with van der Waals surface area (Å²) >= 11 is 3.19. The van der Waals surface area contributed by atoms with Crippen molar-refractivity contribution in [3.05, 3.63) is 32.8 Å². The molecule has 1 aromatic carbocycles. The van der Waals surface area contributed by atoms with E-state index >= 15 is 0 Å². The summed E-state index contributed by atoms with van der Waals surface area (Å²) in [5.41, 5.74) is -0.0479. The average molecular weight is 318 g/mol. The van der Waals surface area contributed by atoms with Gasteiger partial charge in [-0.2, -0.15) is 0 Å². The Kier molecular flexibility index (Phi) is 6.07. The van der Waals surface area contributed by atoms with Gasteiger partial charge in [0.15, 0.2) is 5.75 Å². The van der Waals surface area contributed by atoms with Gasteiger partial charge in [0.25, 0.3) is 0 Å². The van der Waals surface area contributed by atoms with Crippen LogP contribution in [0.25, 0.3) is 0 Å². The minimum atomic E-state index is -0.463. The zero-order valence-corrected chi connectivity index (χ0v) is 12.0. The van der Waals surface area contributed by atoms with Gasteiger partial charge < -0.3 is 9.47 Å². The predicted molar refractivity (Wildman–Crippen MR) is 71.9 cm³/mol. The fourth-order valence-corrected chi connectivity index (χ4v) is 1.63. The molecule has 0 aliphatic carbocycles. The summed E-state index contributed by atoms with van der Waals surface area (Å²) in [5.74, 6) is 0.725. The number of nitro groups is 1. The molecule has 100 valence electrons. The fourth-order valence-electron chi connectivity index (χ4n) is 1.28. The van der Waals surface area contributed by atoms with Crippen LogP contribution in [0.3, 0.4) is 0 Å². The van der Waals surface area contributed by atoms with E-state index in [4.69, 9.17) is 9.47 Å². The van der Waals surface area contributed by atoms with E-state index in [1.165, 1.54) is 6.07 Å². The van der Waals surface area contributed by atoms with Crippen LogP contribution in [0.5, 0.6) is 5.75 Å². The minimum absolute atomic E-state index is 0.0479. The van der Waals surface area contributed by atoms with Crippen molar-refractivity contribution in [1.82, 2.24) is 0 Å². The topological polar surface area (TPSA) is 61.6 Å². The molecule has 0 aliphatic rings. The van der Waals surface area contributed by atoms with E-state index in [9.17, 15) is 10.1 Å². The SMILES string of the molecule is CC(C)COCCOc1ccc(Br)cc1[N+](=O)[O-]. The van der Waals surface area contributed by atoms with Crippen LogP contribution < -0.4 is 4.74 Å². The maximum absolute atomic E-state index is 10.8. The zero-order valence-electron chi connectivity index (χ0n) is 10.4. The van der Waals surface area contributed by atoms with Crippen LogP contribution in [0.1, 0.15) is 13.8 Å². The van der Waals surface area contributed by atoms with Gasteiger partial charge in [-0.15, -0.1) is 0 Å². The summed E-state index contributed by atoms with van der Waals surface area (Å²) in [5, 5.41) is 10.8. The molecule has 0 atom stereocenters. The van der Waals surface area contributed by atoms with Crippen LogP contribution in [0, 0.1) is 16.0 Å². The van der Waals surface area contributed by atoms with Crippen LogP contribution in [0.2, 0.25) is 0 Å². The van der Waals surface area contributed by atoms with E-state index in [2.05, 4.69) is 29.8 Å². The normalized spacial score (nSPS) is 10.7. The van der Waals surface area contributed by atoms with E-state index in [-0.39, 0.29) is 11.4 Å². The Morgan fingerprint density at radius 1 is 1.39 bits per heavy atom. The highest BCUT2D eigenvalue weighted by molar-refractivity contribution is 9.10. The molecule has 0 amide bonds. The number of hydrogen-bond acceptors (Lipinski definition) is 4. The van der Waals surface area contributed by atoms with Crippen molar-refractivity contribution in [2.75, 3.05) is 19.8 Å². The first-order valence-corrected chi connectivity index (χ1v) is 6.44. The molecule has 0 fully saturated rings.